The third kappa shape index (κ3) is 3.78. The normalized spacial score (nSPS) is 17.5. The zero-order chi connectivity index (χ0) is 23.9. The fourth-order valence-electron chi connectivity index (χ4n) is 4.15. The van der Waals surface area contributed by atoms with Gasteiger partial charge in [0, 0.05) is 16.8 Å². The number of anilines is 1. The summed E-state index contributed by atoms with van der Waals surface area (Å²) >= 11 is 0. The van der Waals surface area contributed by atoms with Crippen LogP contribution in [0.5, 0.6) is 5.75 Å². The van der Waals surface area contributed by atoms with Gasteiger partial charge in [0.25, 0.3) is 11.7 Å². The van der Waals surface area contributed by atoms with Gasteiger partial charge in [-0.3, -0.25) is 14.5 Å². The summed E-state index contributed by atoms with van der Waals surface area (Å²) in [6.07, 6.45) is 0. The van der Waals surface area contributed by atoms with Crippen molar-refractivity contribution in [3.63, 3.8) is 0 Å². The van der Waals surface area contributed by atoms with Crippen molar-refractivity contribution in [3.05, 3.63) is 99.9 Å². The molecule has 4 rings (SSSR count). The molecule has 1 N–H and O–H groups in total. The van der Waals surface area contributed by atoms with E-state index in [9.17, 15) is 19.1 Å². The number of halogens is 1. The summed E-state index contributed by atoms with van der Waals surface area (Å²) in [5, 5.41) is 11.2. The number of hydrogen-bond acceptors (Lipinski definition) is 4. The highest BCUT2D eigenvalue weighted by Gasteiger charge is 2.47. The predicted molar refractivity (Wildman–Crippen MR) is 125 cm³/mol. The highest BCUT2D eigenvalue weighted by molar-refractivity contribution is 6.51. The number of aliphatic hydroxyl groups is 1. The van der Waals surface area contributed by atoms with E-state index in [2.05, 4.69) is 0 Å². The number of carbonyl (C=O) groups excluding carboxylic acids is 2. The Kier molecular flexibility index (Phi) is 5.77. The lowest BCUT2D eigenvalue weighted by Gasteiger charge is -2.26. The van der Waals surface area contributed by atoms with Crippen molar-refractivity contribution in [2.75, 3.05) is 12.0 Å². The Morgan fingerprint density at radius 1 is 0.939 bits per heavy atom. The number of amides is 1. The number of ketones is 1. The molecule has 33 heavy (non-hydrogen) atoms. The van der Waals surface area contributed by atoms with Crippen LogP contribution in [0.25, 0.3) is 5.76 Å². The van der Waals surface area contributed by atoms with E-state index in [1.54, 1.807) is 43.3 Å². The molecule has 6 heteroatoms. The molecular weight excluding hydrogens is 421 g/mol. The molecule has 1 amide bonds. The SMILES string of the molecule is COc1ccc(/C(O)=C2\C(=O)C(=O)N(c3ccc(C)c(C)c3)C2c2ccccc2F)cc1C. The Hall–Kier alpha value is -3.93. The minimum absolute atomic E-state index is 0.127. The number of benzene rings is 3. The molecule has 0 bridgehead atoms. The van der Waals surface area contributed by atoms with Crippen LogP contribution < -0.4 is 9.64 Å². The van der Waals surface area contributed by atoms with Gasteiger partial charge in [0.15, 0.2) is 0 Å². The molecule has 0 saturated carbocycles. The van der Waals surface area contributed by atoms with E-state index >= 15 is 0 Å². The fourth-order valence-corrected chi connectivity index (χ4v) is 4.15. The fraction of sp³-hybridized carbons (Fsp3) is 0.185. The van der Waals surface area contributed by atoms with Crippen molar-refractivity contribution in [2.24, 2.45) is 0 Å². The number of rotatable bonds is 4. The summed E-state index contributed by atoms with van der Waals surface area (Å²) in [5.41, 5.74) is 3.45. The maximum atomic E-state index is 15.0. The second kappa shape index (κ2) is 8.54. The van der Waals surface area contributed by atoms with E-state index in [0.29, 0.717) is 17.0 Å². The zero-order valence-electron chi connectivity index (χ0n) is 18.8. The number of nitrogens with zero attached hydrogens (tertiary/aromatic N) is 1. The van der Waals surface area contributed by atoms with Gasteiger partial charge in [0.05, 0.1) is 18.7 Å². The highest BCUT2D eigenvalue weighted by atomic mass is 19.1. The van der Waals surface area contributed by atoms with Gasteiger partial charge in [-0.05, 0) is 73.9 Å². The molecule has 3 aromatic carbocycles. The van der Waals surface area contributed by atoms with Crippen molar-refractivity contribution in [1.82, 2.24) is 0 Å². The van der Waals surface area contributed by atoms with E-state index < -0.39 is 23.5 Å². The molecule has 1 unspecified atom stereocenters. The van der Waals surface area contributed by atoms with E-state index in [-0.39, 0.29) is 16.9 Å². The van der Waals surface area contributed by atoms with Gasteiger partial charge >= 0.3 is 0 Å². The van der Waals surface area contributed by atoms with E-state index in [1.165, 1.54) is 30.2 Å². The third-order valence-electron chi connectivity index (χ3n) is 6.08. The second-order valence-electron chi connectivity index (χ2n) is 8.14. The standard InChI is InChI=1S/C27H24FNO4/c1-15-9-11-19(14-16(15)2)29-24(20-7-5-6-8-21(20)28)23(26(31)27(29)32)25(30)18-10-12-22(33-4)17(3)13-18/h5-14,24,30H,1-4H3/b25-23+. The number of ether oxygens (including phenoxy) is 1. The predicted octanol–water partition coefficient (Wildman–Crippen LogP) is 5.39. The van der Waals surface area contributed by atoms with Crippen LogP contribution in [0.2, 0.25) is 0 Å². The number of aliphatic hydroxyl groups excluding tert-OH is 1. The first kappa shape index (κ1) is 22.3. The topological polar surface area (TPSA) is 66.8 Å². The summed E-state index contributed by atoms with van der Waals surface area (Å²) in [5.74, 6) is -2.01. The number of carbonyl (C=O) groups is 2. The minimum atomic E-state index is -1.12. The molecule has 168 valence electrons. The molecular formula is C27H24FNO4. The van der Waals surface area contributed by atoms with Gasteiger partial charge < -0.3 is 9.84 Å². The summed E-state index contributed by atoms with van der Waals surface area (Å²) in [7, 11) is 1.54. The molecule has 0 spiro atoms. The van der Waals surface area contributed by atoms with Crippen LogP contribution in [0.1, 0.15) is 33.9 Å². The van der Waals surface area contributed by atoms with Gasteiger partial charge in [-0.2, -0.15) is 0 Å². The molecule has 3 aromatic rings. The quantitative estimate of drug-likeness (QED) is 0.332. The first-order valence-corrected chi connectivity index (χ1v) is 10.5. The molecule has 1 saturated heterocycles. The average molecular weight is 445 g/mol. The summed E-state index contributed by atoms with van der Waals surface area (Å²) in [4.78, 5) is 27.7. The van der Waals surface area contributed by atoms with Gasteiger partial charge in [0.1, 0.15) is 17.3 Å². The number of hydrogen-bond donors (Lipinski definition) is 1. The monoisotopic (exact) mass is 445 g/mol. The maximum Gasteiger partial charge on any atom is 0.300 e. The Morgan fingerprint density at radius 3 is 2.30 bits per heavy atom. The number of aryl methyl sites for hydroxylation is 3. The third-order valence-corrected chi connectivity index (χ3v) is 6.08. The molecule has 1 aliphatic rings. The lowest BCUT2D eigenvalue weighted by Crippen LogP contribution is -2.30. The largest absolute Gasteiger partial charge is 0.507 e. The van der Waals surface area contributed by atoms with E-state index in [1.807, 2.05) is 19.9 Å². The molecule has 1 aliphatic heterocycles. The number of methoxy groups -OCH3 is 1. The molecule has 5 nitrogen and oxygen atoms in total. The van der Waals surface area contributed by atoms with E-state index in [4.69, 9.17) is 4.74 Å². The van der Waals surface area contributed by atoms with Crippen molar-refractivity contribution in [3.8, 4) is 5.75 Å². The summed E-state index contributed by atoms with van der Waals surface area (Å²) in [6, 6.07) is 15.1. The van der Waals surface area contributed by atoms with Crippen molar-refractivity contribution < 1.29 is 23.8 Å². The first-order chi connectivity index (χ1) is 15.7. The van der Waals surface area contributed by atoms with Crippen LogP contribution in [0, 0.1) is 26.6 Å². The Labute approximate surface area is 191 Å². The average Bonchev–Trinajstić information content (AvgIpc) is 3.06. The van der Waals surface area contributed by atoms with Crippen LogP contribution in [0.4, 0.5) is 10.1 Å². The van der Waals surface area contributed by atoms with Crippen molar-refractivity contribution in [1.29, 1.82) is 0 Å². The van der Waals surface area contributed by atoms with Gasteiger partial charge in [0.2, 0.25) is 0 Å². The van der Waals surface area contributed by atoms with Crippen LogP contribution in [-0.2, 0) is 9.59 Å². The Bertz CT molecular complexity index is 1310. The highest BCUT2D eigenvalue weighted by Crippen LogP contribution is 2.43. The van der Waals surface area contributed by atoms with Crippen LogP contribution in [-0.4, -0.2) is 23.9 Å². The molecule has 0 aromatic heterocycles. The number of Topliss-reactive ketones (excluding diaryl/α,β-unsaturated/α-hetero) is 1. The molecule has 1 heterocycles. The Balaban J connectivity index is 1.97. The van der Waals surface area contributed by atoms with Crippen LogP contribution in [0.15, 0.2) is 66.2 Å². The smallest absolute Gasteiger partial charge is 0.300 e. The molecule has 1 atom stereocenters. The molecule has 0 aliphatic carbocycles. The van der Waals surface area contributed by atoms with Gasteiger partial charge in [-0.1, -0.05) is 24.3 Å². The van der Waals surface area contributed by atoms with Crippen LogP contribution >= 0.6 is 0 Å². The van der Waals surface area contributed by atoms with Gasteiger partial charge in [-0.25, -0.2) is 4.39 Å². The Morgan fingerprint density at radius 2 is 1.67 bits per heavy atom. The lowest BCUT2D eigenvalue weighted by atomic mass is 9.94. The molecule has 1 fully saturated rings. The second-order valence-corrected chi connectivity index (χ2v) is 8.14. The lowest BCUT2D eigenvalue weighted by molar-refractivity contribution is -0.132. The van der Waals surface area contributed by atoms with E-state index in [0.717, 1.165) is 16.7 Å². The first-order valence-electron chi connectivity index (χ1n) is 10.5. The summed E-state index contributed by atoms with van der Waals surface area (Å²) in [6.45, 7) is 5.64. The maximum absolute atomic E-state index is 15.0. The van der Waals surface area contributed by atoms with Crippen molar-refractivity contribution in [2.45, 2.75) is 26.8 Å². The molecule has 0 radical (unpaired) electrons. The van der Waals surface area contributed by atoms with Gasteiger partial charge in [-0.15, -0.1) is 0 Å². The van der Waals surface area contributed by atoms with Crippen molar-refractivity contribution >= 4 is 23.1 Å². The van der Waals surface area contributed by atoms with Crippen LogP contribution in [0.3, 0.4) is 0 Å². The minimum Gasteiger partial charge on any atom is -0.507 e. The summed E-state index contributed by atoms with van der Waals surface area (Å²) < 4.78 is 20.2. The zero-order valence-corrected chi connectivity index (χ0v) is 18.8.